The Balaban J connectivity index is 2.23. The van der Waals surface area contributed by atoms with Gasteiger partial charge in [-0.05, 0) is 39.0 Å². The first-order chi connectivity index (χ1) is 8.08. The van der Waals surface area contributed by atoms with E-state index < -0.39 is 0 Å². The van der Waals surface area contributed by atoms with Crippen molar-refractivity contribution in [2.75, 3.05) is 0 Å². The van der Waals surface area contributed by atoms with Gasteiger partial charge in [0, 0.05) is 17.8 Å². The Morgan fingerprint density at radius 3 is 2.35 bits per heavy atom. The Hall–Kier alpha value is -0.240. The third kappa shape index (κ3) is 6.92. The minimum Gasteiger partial charge on any atom is -0.354 e. The number of alkyl halides is 1. The first-order valence-corrected chi connectivity index (χ1v) is 7.45. The van der Waals surface area contributed by atoms with Gasteiger partial charge in [-0.2, -0.15) is 0 Å². The molecule has 1 N–H and O–H groups in total. The number of amides is 1. The van der Waals surface area contributed by atoms with Gasteiger partial charge in [0.15, 0.2) is 0 Å². The molecule has 1 aliphatic rings. The maximum absolute atomic E-state index is 11.9. The summed E-state index contributed by atoms with van der Waals surface area (Å²) in [5, 5.41) is 3.18. The van der Waals surface area contributed by atoms with Gasteiger partial charge < -0.3 is 5.32 Å². The largest absolute Gasteiger partial charge is 0.354 e. The second-order valence-corrected chi connectivity index (χ2v) is 6.29. The fraction of sp³-hybridized carbons (Fsp3) is 0.929. The van der Waals surface area contributed by atoms with Crippen molar-refractivity contribution in [1.29, 1.82) is 0 Å². The number of rotatable bonds is 5. The van der Waals surface area contributed by atoms with Crippen LogP contribution in [0.25, 0.3) is 0 Å². The van der Waals surface area contributed by atoms with E-state index in [1.54, 1.807) is 0 Å². The highest BCUT2D eigenvalue weighted by molar-refractivity contribution is 6.20. The standard InChI is InChI=1S/C14H26ClNO/c1-11(15)9-12(2)16-14(17)10-13-7-5-3-4-6-8-13/h11-13H,3-10H2,1-2H3,(H,16,17). The van der Waals surface area contributed by atoms with Crippen molar-refractivity contribution in [2.45, 2.75) is 76.6 Å². The van der Waals surface area contributed by atoms with Crippen LogP contribution in [0.5, 0.6) is 0 Å². The van der Waals surface area contributed by atoms with Gasteiger partial charge >= 0.3 is 0 Å². The Morgan fingerprint density at radius 1 is 1.24 bits per heavy atom. The normalized spacial score (nSPS) is 21.6. The lowest BCUT2D eigenvalue weighted by atomic mass is 9.96. The molecular weight excluding hydrogens is 234 g/mol. The Kier molecular flexibility index (Phi) is 6.94. The summed E-state index contributed by atoms with van der Waals surface area (Å²) in [5.74, 6) is 0.819. The molecule has 0 aliphatic heterocycles. The number of hydrogen-bond donors (Lipinski definition) is 1. The highest BCUT2D eigenvalue weighted by atomic mass is 35.5. The quantitative estimate of drug-likeness (QED) is 0.589. The summed E-state index contributed by atoms with van der Waals surface area (Å²) in [4.78, 5) is 11.9. The van der Waals surface area contributed by atoms with Gasteiger partial charge in [-0.3, -0.25) is 4.79 Å². The third-order valence-corrected chi connectivity index (χ3v) is 3.71. The number of nitrogens with one attached hydrogen (secondary N) is 1. The summed E-state index contributed by atoms with van der Waals surface area (Å²) in [5.41, 5.74) is 0. The molecule has 0 bridgehead atoms. The van der Waals surface area contributed by atoms with E-state index in [9.17, 15) is 4.79 Å². The summed E-state index contributed by atoms with van der Waals surface area (Å²) in [6.07, 6.45) is 9.30. The van der Waals surface area contributed by atoms with E-state index in [2.05, 4.69) is 5.32 Å². The molecule has 1 saturated carbocycles. The average molecular weight is 260 g/mol. The summed E-state index contributed by atoms with van der Waals surface area (Å²) >= 11 is 5.92. The molecule has 2 atom stereocenters. The molecule has 1 aliphatic carbocycles. The lowest BCUT2D eigenvalue weighted by Gasteiger charge is -2.18. The van der Waals surface area contributed by atoms with Crippen molar-refractivity contribution in [3.63, 3.8) is 0 Å². The minimum absolute atomic E-state index is 0.128. The van der Waals surface area contributed by atoms with Crippen LogP contribution in [0.15, 0.2) is 0 Å². The van der Waals surface area contributed by atoms with Crippen molar-refractivity contribution >= 4 is 17.5 Å². The summed E-state index contributed by atoms with van der Waals surface area (Å²) in [7, 11) is 0. The van der Waals surface area contributed by atoms with Gasteiger partial charge in [-0.1, -0.05) is 25.7 Å². The molecule has 2 nitrogen and oxygen atoms in total. The van der Waals surface area contributed by atoms with Crippen LogP contribution < -0.4 is 5.32 Å². The van der Waals surface area contributed by atoms with Crippen molar-refractivity contribution in [1.82, 2.24) is 5.32 Å². The zero-order chi connectivity index (χ0) is 12.7. The predicted octanol–water partition coefficient (Wildman–Crippen LogP) is 3.87. The van der Waals surface area contributed by atoms with E-state index in [-0.39, 0.29) is 17.3 Å². The molecule has 0 aromatic rings. The van der Waals surface area contributed by atoms with Crippen LogP contribution in [0.3, 0.4) is 0 Å². The molecule has 17 heavy (non-hydrogen) atoms. The van der Waals surface area contributed by atoms with Crippen molar-refractivity contribution in [3.8, 4) is 0 Å². The molecule has 1 rings (SSSR count). The SMILES string of the molecule is CC(Cl)CC(C)NC(=O)CC1CCCCCC1. The molecular formula is C14H26ClNO. The third-order valence-electron chi connectivity index (χ3n) is 3.53. The molecule has 0 saturated heterocycles. The lowest BCUT2D eigenvalue weighted by molar-refractivity contribution is -0.122. The average Bonchev–Trinajstić information content (AvgIpc) is 2.44. The van der Waals surface area contributed by atoms with Crippen LogP contribution in [-0.2, 0) is 4.79 Å². The first kappa shape index (κ1) is 14.8. The Morgan fingerprint density at radius 2 is 1.82 bits per heavy atom. The molecule has 0 spiro atoms. The van der Waals surface area contributed by atoms with Gasteiger partial charge in [0.2, 0.25) is 5.91 Å². The maximum atomic E-state index is 11.9. The number of carbonyl (C=O) groups is 1. The van der Waals surface area contributed by atoms with Crippen LogP contribution in [0.1, 0.15) is 65.2 Å². The van der Waals surface area contributed by atoms with Crippen LogP contribution in [0.2, 0.25) is 0 Å². The smallest absolute Gasteiger partial charge is 0.220 e. The van der Waals surface area contributed by atoms with E-state index in [0.717, 1.165) is 6.42 Å². The monoisotopic (exact) mass is 259 g/mol. The molecule has 1 amide bonds. The predicted molar refractivity (Wildman–Crippen MR) is 73.3 cm³/mol. The second kappa shape index (κ2) is 7.97. The molecule has 0 heterocycles. The zero-order valence-electron chi connectivity index (χ0n) is 11.2. The first-order valence-electron chi connectivity index (χ1n) is 7.01. The highest BCUT2D eigenvalue weighted by Crippen LogP contribution is 2.25. The van der Waals surface area contributed by atoms with Gasteiger partial charge in [0.05, 0.1) is 0 Å². The van der Waals surface area contributed by atoms with E-state index in [4.69, 9.17) is 11.6 Å². The molecule has 3 heteroatoms. The number of halogens is 1. The highest BCUT2D eigenvalue weighted by Gasteiger charge is 2.17. The Labute approximate surface area is 110 Å². The fourth-order valence-electron chi connectivity index (χ4n) is 2.71. The van der Waals surface area contributed by atoms with E-state index >= 15 is 0 Å². The van der Waals surface area contributed by atoms with Crippen LogP contribution >= 0.6 is 11.6 Å². The van der Waals surface area contributed by atoms with Gasteiger partial charge in [-0.15, -0.1) is 11.6 Å². The number of hydrogen-bond acceptors (Lipinski definition) is 1. The van der Waals surface area contributed by atoms with Gasteiger partial charge in [0.25, 0.3) is 0 Å². The molecule has 0 aromatic heterocycles. The van der Waals surface area contributed by atoms with Crippen molar-refractivity contribution in [2.24, 2.45) is 5.92 Å². The Bertz CT molecular complexity index is 222. The van der Waals surface area contributed by atoms with Crippen molar-refractivity contribution in [3.05, 3.63) is 0 Å². The minimum atomic E-state index is 0.128. The van der Waals surface area contributed by atoms with E-state index in [1.807, 2.05) is 13.8 Å². The molecule has 2 unspecified atom stereocenters. The van der Waals surface area contributed by atoms with Crippen LogP contribution in [0, 0.1) is 5.92 Å². The molecule has 0 radical (unpaired) electrons. The summed E-state index contributed by atoms with van der Waals surface area (Å²) in [6, 6.07) is 0.195. The molecule has 100 valence electrons. The van der Waals surface area contributed by atoms with Crippen molar-refractivity contribution < 1.29 is 4.79 Å². The van der Waals surface area contributed by atoms with E-state index in [0.29, 0.717) is 12.3 Å². The van der Waals surface area contributed by atoms with Gasteiger partial charge in [-0.25, -0.2) is 0 Å². The zero-order valence-corrected chi connectivity index (χ0v) is 11.9. The number of carbonyl (C=O) groups excluding carboxylic acids is 1. The second-order valence-electron chi connectivity index (χ2n) is 5.55. The topological polar surface area (TPSA) is 29.1 Å². The summed E-state index contributed by atoms with van der Waals surface area (Å²) in [6.45, 7) is 4.00. The maximum Gasteiger partial charge on any atom is 0.220 e. The fourth-order valence-corrected chi connectivity index (χ4v) is 2.98. The molecule has 1 fully saturated rings. The lowest BCUT2D eigenvalue weighted by Crippen LogP contribution is -2.34. The van der Waals surface area contributed by atoms with E-state index in [1.165, 1.54) is 38.5 Å². The molecule has 0 aromatic carbocycles. The van der Waals surface area contributed by atoms with Crippen LogP contribution in [0.4, 0.5) is 0 Å². The van der Waals surface area contributed by atoms with Gasteiger partial charge in [0.1, 0.15) is 0 Å². The van der Waals surface area contributed by atoms with Crippen LogP contribution in [-0.4, -0.2) is 17.3 Å². The summed E-state index contributed by atoms with van der Waals surface area (Å²) < 4.78 is 0.